The highest BCUT2D eigenvalue weighted by atomic mass is 16.5. The highest BCUT2D eigenvalue weighted by Crippen LogP contribution is 2.48. The summed E-state index contributed by atoms with van der Waals surface area (Å²) < 4.78 is 10.9. The second kappa shape index (κ2) is 6.37. The SMILES string of the molecule is COc1cc2c(cc1OC)[C@H]1C[C@@H]3CCCC=C3C(=O)N1[C@H](CO)C2. The molecule has 0 bridgehead atoms. The fourth-order valence-corrected chi connectivity index (χ4v) is 4.75. The van der Waals surface area contributed by atoms with Crippen LogP contribution in [0.5, 0.6) is 11.5 Å². The van der Waals surface area contributed by atoms with E-state index in [4.69, 9.17) is 9.47 Å². The Labute approximate surface area is 148 Å². The largest absolute Gasteiger partial charge is 0.493 e. The average molecular weight is 343 g/mol. The van der Waals surface area contributed by atoms with E-state index >= 15 is 0 Å². The zero-order chi connectivity index (χ0) is 17.6. The van der Waals surface area contributed by atoms with E-state index in [9.17, 15) is 9.90 Å². The molecular formula is C20H25NO4. The summed E-state index contributed by atoms with van der Waals surface area (Å²) in [6.07, 6.45) is 6.90. The van der Waals surface area contributed by atoms with Gasteiger partial charge >= 0.3 is 0 Å². The molecule has 3 atom stereocenters. The van der Waals surface area contributed by atoms with Crippen LogP contribution < -0.4 is 9.47 Å². The first-order valence-corrected chi connectivity index (χ1v) is 9.06. The van der Waals surface area contributed by atoms with Gasteiger partial charge in [0.05, 0.1) is 32.9 Å². The Hall–Kier alpha value is -2.01. The van der Waals surface area contributed by atoms with Gasteiger partial charge in [0.2, 0.25) is 0 Å². The number of ether oxygens (including phenoxy) is 2. The molecule has 1 saturated heterocycles. The molecule has 134 valence electrons. The number of amides is 1. The highest BCUT2D eigenvalue weighted by molar-refractivity contribution is 5.95. The summed E-state index contributed by atoms with van der Waals surface area (Å²) >= 11 is 0. The van der Waals surface area contributed by atoms with Crippen molar-refractivity contribution < 1.29 is 19.4 Å². The van der Waals surface area contributed by atoms with Crippen molar-refractivity contribution in [2.24, 2.45) is 5.92 Å². The van der Waals surface area contributed by atoms with Crippen LogP contribution in [0, 0.1) is 5.92 Å². The van der Waals surface area contributed by atoms with Crippen LogP contribution in [-0.4, -0.2) is 42.8 Å². The first-order valence-electron chi connectivity index (χ1n) is 9.06. The lowest BCUT2D eigenvalue weighted by Gasteiger charge is -2.49. The Morgan fingerprint density at radius 2 is 2.00 bits per heavy atom. The maximum atomic E-state index is 13.1. The average Bonchev–Trinajstić information content (AvgIpc) is 2.66. The summed E-state index contributed by atoms with van der Waals surface area (Å²) in [4.78, 5) is 15.1. The van der Waals surface area contributed by atoms with Gasteiger partial charge in [-0.05, 0) is 61.3 Å². The minimum Gasteiger partial charge on any atom is -0.493 e. The molecule has 2 heterocycles. The minimum atomic E-state index is -0.174. The quantitative estimate of drug-likeness (QED) is 0.917. The lowest BCUT2D eigenvalue weighted by Crippen LogP contribution is -2.53. The molecule has 5 nitrogen and oxygen atoms in total. The van der Waals surface area contributed by atoms with Crippen molar-refractivity contribution in [2.75, 3.05) is 20.8 Å². The van der Waals surface area contributed by atoms with Gasteiger partial charge in [-0.15, -0.1) is 0 Å². The van der Waals surface area contributed by atoms with Gasteiger partial charge in [0.1, 0.15) is 0 Å². The van der Waals surface area contributed by atoms with E-state index in [0.717, 1.165) is 42.4 Å². The molecule has 5 heteroatoms. The van der Waals surface area contributed by atoms with Crippen molar-refractivity contribution in [1.82, 2.24) is 4.90 Å². The number of allylic oxidation sites excluding steroid dienone is 1. The summed E-state index contributed by atoms with van der Waals surface area (Å²) in [5.41, 5.74) is 3.25. The van der Waals surface area contributed by atoms with E-state index in [2.05, 4.69) is 6.08 Å². The number of hydrogen-bond donors (Lipinski definition) is 1. The normalized spacial score (nSPS) is 27.8. The van der Waals surface area contributed by atoms with Crippen molar-refractivity contribution in [3.05, 3.63) is 34.9 Å². The van der Waals surface area contributed by atoms with Crippen LogP contribution >= 0.6 is 0 Å². The fraction of sp³-hybridized carbons (Fsp3) is 0.550. The lowest BCUT2D eigenvalue weighted by molar-refractivity contribution is -0.138. The van der Waals surface area contributed by atoms with Gasteiger partial charge in [0.15, 0.2) is 11.5 Å². The molecule has 1 N–H and O–H groups in total. The smallest absolute Gasteiger partial charge is 0.250 e. The van der Waals surface area contributed by atoms with Gasteiger partial charge in [-0.2, -0.15) is 0 Å². The van der Waals surface area contributed by atoms with Crippen LogP contribution in [-0.2, 0) is 11.2 Å². The highest BCUT2D eigenvalue weighted by Gasteiger charge is 2.45. The summed E-state index contributed by atoms with van der Waals surface area (Å²) in [5.74, 6) is 1.84. The van der Waals surface area contributed by atoms with E-state index in [1.807, 2.05) is 17.0 Å². The monoisotopic (exact) mass is 343 g/mol. The van der Waals surface area contributed by atoms with Crippen LogP contribution in [0.1, 0.15) is 42.9 Å². The van der Waals surface area contributed by atoms with E-state index in [1.165, 1.54) is 0 Å². The number of rotatable bonds is 3. The predicted molar refractivity (Wildman–Crippen MR) is 93.8 cm³/mol. The van der Waals surface area contributed by atoms with Gasteiger partial charge in [0, 0.05) is 5.57 Å². The molecule has 3 aliphatic rings. The fourth-order valence-electron chi connectivity index (χ4n) is 4.75. The lowest BCUT2D eigenvalue weighted by atomic mass is 9.74. The number of fused-ring (bicyclic) bond motifs is 4. The molecule has 1 aromatic rings. The molecule has 0 radical (unpaired) electrons. The molecule has 1 fully saturated rings. The molecular weight excluding hydrogens is 318 g/mol. The number of aliphatic hydroxyl groups excluding tert-OH is 1. The van der Waals surface area contributed by atoms with E-state index < -0.39 is 0 Å². The Kier molecular flexibility index (Phi) is 4.20. The zero-order valence-electron chi connectivity index (χ0n) is 14.8. The third-order valence-electron chi connectivity index (χ3n) is 5.95. The van der Waals surface area contributed by atoms with E-state index in [0.29, 0.717) is 23.8 Å². The standard InChI is InChI=1S/C20H25NO4/c1-24-18-9-13-7-14(11-22)21-17(16(13)10-19(18)25-2)8-12-5-3-4-6-15(12)20(21)23/h6,9-10,12,14,17,22H,3-5,7-8,11H2,1-2H3/t12-,14-,17+/m0/s1. The summed E-state index contributed by atoms with van der Waals surface area (Å²) in [7, 11) is 3.27. The topological polar surface area (TPSA) is 59.0 Å². The summed E-state index contributed by atoms with van der Waals surface area (Å²) in [5, 5.41) is 9.93. The van der Waals surface area contributed by atoms with Crippen molar-refractivity contribution >= 4 is 5.91 Å². The van der Waals surface area contributed by atoms with Crippen molar-refractivity contribution in [1.29, 1.82) is 0 Å². The van der Waals surface area contributed by atoms with Crippen molar-refractivity contribution in [2.45, 2.75) is 44.2 Å². The molecule has 0 spiro atoms. The van der Waals surface area contributed by atoms with Gasteiger partial charge < -0.3 is 19.5 Å². The Morgan fingerprint density at radius 3 is 2.72 bits per heavy atom. The number of carbonyl (C=O) groups is 1. The Morgan fingerprint density at radius 1 is 1.24 bits per heavy atom. The first kappa shape index (κ1) is 16.5. The van der Waals surface area contributed by atoms with Crippen molar-refractivity contribution in [3.8, 4) is 11.5 Å². The molecule has 1 aliphatic carbocycles. The number of carbonyl (C=O) groups excluding carboxylic acids is 1. The predicted octanol–water partition coefficient (Wildman–Crippen LogP) is 2.62. The first-order chi connectivity index (χ1) is 12.2. The molecule has 25 heavy (non-hydrogen) atoms. The minimum absolute atomic E-state index is 0.00783. The van der Waals surface area contributed by atoms with Gasteiger partial charge in [-0.3, -0.25) is 4.79 Å². The Balaban J connectivity index is 1.81. The maximum absolute atomic E-state index is 13.1. The van der Waals surface area contributed by atoms with Crippen LogP contribution in [0.4, 0.5) is 0 Å². The number of hydrogen-bond acceptors (Lipinski definition) is 4. The van der Waals surface area contributed by atoms with Gasteiger partial charge in [-0.25, -0.2) is 0 Å². The molecule has 4 rings (SSSR count). The number of benzene rings is 1. The van der Waals surface area contributed by atoms with E-state index in [1.54, 1.807) is 14.2 Å². The summed E-state index contributed by atoms with van der Waals surface area (Å²) in [6.45, 7) is -0.0199. The van der Waals surface area contributed by atoms with Crippen LogP contribution in [0.15, 0.2) is 23.8 Å². The molecule has 0 aromatic heterocycles. The number of piperidine rings is 1. The molecule has 0 unspecified atom stereocenters. The van der Waals surface area contributed by atoms with Crippen LogP contribution in [0.3, 0.4) is 0 Å². The molecule has 1 aromatic carbocycles. The van der Waals surface area contributed by atoms with Gasteiger partial charge in [-0.1, -0.05) is 6.08 Å². The van der Waals surface area contributed by atoms with Crippen LogP contribution in [0.2, 0.25) is 0 Å². The number of aliphatic hydroxyl groups is 1. The molecule has 2 aliphatic heterocycles. The third kappa shape index (κ3) is 2.53. The van der Waals surface area contributed by atoms with Crippen molar-refractivity contribution in [3.63, 3.8) is 0 Å². The van der Waals surface area contributed by atoms with E-state index in [-0.39, 0.29) is 24.6 Å². The number of methoxy groups -OCH3 is 2. The van der Waals surface area contributed by atoms with Gasteiger partial charge in [0.25, 0.3) is 5.91 Å². The number of nitrogens with zero attached hydrogens (tertiary/aromatic N) is 1. The van der Waals surface area contributed by atoms with Crippen LogP contribution in [0.25, 0.3) is 0 Å². The molecule has 1 amide bonds. The molecule has 0 saturated carbocycles. The third-order valence-corrected chi connectivity index (χ3v) is 5.95. The summed E-state index contributed by atoms with van der Waals surface area (Å²) in [6, 6.07) is 3.86. The maximum Gasteiger partial charge on any atom is 0.250 e. The second-order valence-corrected chi connectivity index (χ2v) is 7.20. The zero-order valence-corrected chi connectivity index (χ0v) is 14.8. The Bertz CT molecular complexity index is 727. The second-order valence-electron chi connectivity index (χ2n) is 7.20.